The van der Waals surface area contributed by atoms with Crippen molar-refractivity contribution in [1.29, 1.82) is 0 Å². The first-order chi connectivity index (χ1) is 11.5. The zero-order chi connectivity index (χ0) is 16.8. The van der Waals surface area contributed by atoms with Crippen molar-refractivity contribution in [3.8, 4) is 0 Å². The van der Waals surface area contributed by atoms with Crippen LogP contribution in [0.15, 0.2) is 10.8 Å². The van der Waals surface area contributed by atoms with Crippen LogP contribution in [-0.4, -0.2) is 62.1 Å². The van der Waals surface area contributed by atoms with Crippen molar-refractivity contribution in [1.82, 2.24) is 29.5 Å². The lowest BCUT2D eigenvalue weighted by molar-refractivity contribution is 0.0535. The number of aromatic nitrogens is 4. The van der Waals surface area contributed by atoms with Crippen molar-refractivity contribution in [2.45, 2.75) is 44.8 Å². The Balaban J connectivity index is 1.65. The zero-order valence-corrected chi connectivity index (χ0v) is 14.3. The van der Waals surface area contributed by atoms with Crippen molar-refractivity contribution >= 4 is 5.91 Å². The largest absolute Gasteiger partial charge is 0.447 e. The van der Waals surface area contributed by atoms with Gasteiger partial charge in [-0.3, -0.25) is 4.79 Å². The number of hydrogen-bond acceptors (Lipinski definition) is 6. The Labute approximate surface area is 140 Å². The van der Waals surface area contributed by atoms with E-state index < -0.39 is 0 Å². The van der Waals surface area contributed by atoms with Gasteiger partial charge in [-0.15, -0.1) is 10.2 Å². The highest BCUT2D eigenvalue weighted by molar-refractivity contribution is 5.93. The van der Waals surface area contributed by atoms with Crippen molar-refractivity contribution < 1.29 is 9.21 Å². The van der Waals surface area contributed by atoms with Crippen LogP contribution in [0.3, 0.4) is 0 Å². The molecule has 1 atom stereocenters. The smallest absolute Gasteiger partial charge is 0.276 e. The number of amides is 1. The second-order valence-corrected chi connectivity index (χ2v) is 6.96. The maximum absolute atomic E-state index is 13.1. The molecule has 0 bridgehead atoms. The molecule has 24 heavy (non-hydrogen) atoms. The van der Waals surface area contributed by atoms with E-state index in [0.29, 0.717) is 24.7 Å². The lowest BCUT2D eigenvalue weighted by atomic mass is 10.1. The van der Waals surface area contributed by atoms with Crippen LogP contribution in [0.1, 0.15) is 46.7 Å². The van der Waals surface area contributed by atoms with Crippen LogP contribution in [0.5, 0.6) is 0 Å². The van der Waals surface area contributed by atoms with E-state index in [2.05, 4.69) is 24.6 Å². The van der Waals surface area contributed by atoms with Gasteiger partial charge in [0.2, 0.25) is 0 Å². The molecule has 128 valence electrons. The van der Waals surface area contributed by atoms with Crippen molar-refractivity contribution in [3.05, 3.63) is 29.5 Å². The molecule has 3 heterocycles. The molecular weight excluding hydrogens is 308 g/mol. The van der Waals surface area contributed by atoms with Crippen LogP contribution in [0, 0.1) is 6.92 Å². The van der Waals surface area contributed by atoms with Gasteiger partial charge in [0.1, 0.15) is 11.6 Å². The number of likely N-dealkylation sites (N-methyl/N-ethyl adjacent to an activating group) is 1. The van der Waals surface area contributed by atoms with Gasteiger partial charge in [-0.25, -0.2) is 4.98 Å². The molecule has 8 heteroatoms. The summed E-state index contributed by atoms with van der Waals surface area (Å²) < 4.78 is 7.59. The summed E-state index contributed by atoms with van der Waals surface area (Å²) in [5, 5.41) is 8.37. The predicted molar refractivity (Wildman–Crippen MR) is 85.5 cm³/mol. The standard InChI is InChI=1S/C16H22N6O2/c1-10-18-19-13-8-22(12(6-20(2)3)7-21(10)13)16(23)14-15(11-4-5-11)24-9-17-14/h9,11-12H,4-8H2,1-3H3. The van der Waals surface area contributed by atoms with E-state index in [1.54, 1.807) is 0 Å². The minimum Gasteiger partial charge on any atom is -0.447 e. The van der Waals surface area contributed by atoms with Gasteiger partial charge < -0.3 is 18.8 Å². The summed E-state index contributed by atoms with van der Waals surface area (Å²) in [6.07, 6.45) is 3.53. The summed E-state index contributed by atoms with van der Waals surface area (Å²) in [6.45, 7) is 3.88. The highest BCUT2D eigenvalue weighted by atomic mass is 16.3. The van der Waals surface area contributed by atoms with E-state index >= 15 is 0 Å². The van der Waals surface area contributed by atoms with E-state index in [1.807, 2.05) is 25.9 Å². The molecule has 1 aliphatic carbocycles. The lowest BCUT2D eigenvalue weighted by Crippen LogP contribution is -2.51. The second-order valence-electron chi connectivity index (χ2n) is 6.96. The summed E-state index contributed by atoms with van der Waals surface area (Å²) in [6, 6.07) is 0.0541. The van der Waals surface area contributed by atoms with Crippen molar-refractivity contribution in [2.75, 3.05) is 20.6 Å². The molecule has 0 N–H and O–H groups in total. The van der Waals surface area contributed by atoms with E-state index in [0.717, 1.165) is 36.8 Å². The Morgan fingerprint density at radius 2 is 2.17 bits per heavy atom. The average molecular weight is 330 g/mol. The SMILES string of the molecule is Cc1nnc2n1CC(CN(C)C)N(C(=O)c1ncoc1C1CC1)C2. The predicted octanol–water partition coefficient (Wildman–Crippen LogP) is 1.04. The second kappa shape index (κ2) is 5.70. The number of carbonyl (C=O) groups excluding carboxylic acids is 1. The Hall–Kier alpha value is -2.22. The fourth-order valence-corrected chi connectivity index (χ4v) is 3.37. The van der Waals surface area contributed by atoms with Gasteiger partial charge >= 0.3 is 0 Å². The van der Waals surface area contributed by atoms with Gasteiger partial charge in [0, 0.05) is 19.0 Å². The van der Waals surface area contributed by atoms with E-state index in [4.69, 9.17) is 4.42 Å². The summed E-state index contributed by atoms with van der Waals surface area (Å²) in [5.74, 6) is 2.75. The van der Waals surface area contributed by atoms with Crippen LogP contribution < -0.4 is 0 Å². The third kappa shape index (κ3) is 2.60. The minimum absolute atomic E-state index is 0.0541. The van der Waals surface area contributed by atoms with Gasteiger partial charge in [-0.1, -0.05) is 0 Å². The maximum atomic E-state index is 13.1. The first-order valence-electron chi connectivity index (χ1n) is 8.32. The van der Waals surface area contributed by atoms with Gasteiger partial charge in [0.05, 0.1) is 12.6 Å². The fourth-order valence-electron chi connectivity index (χ4n) is 3.37. The lowest BCUT2D eigenvalue weighted by Gasteiger charge is -2.37. The molecule has 0 saturated heterocycles. The number of carbonyl (C=O) groups is 1. The monoisotopic (exact) mass is 330 g/mol. The molecule has 2 aliphatic rings. The molecule has 2 aromatic heterocycles. The van der Waals surface area contributed by atoms with Gasteiger partial charge in [-0.05, 0) is 33.9 Å². The molecule has 1 aliphatic heterocycles. The molecule has 1 saturated carbocycles. The highest BCUT2D eigenvalue weighted by Gasteiger charge is 2.38. The average Bonchev–Trinajstić information content (AvgIpc) is 3.17. The first kappa shape index (κ1) is 15.3. The number of fused-ring (bicyclic) bond motifs is 1. The quantitative estimate of drug-likeness (QED) is 0.833. The van der Waals surface area contributed by atoms with Gasteiger partial charge in [0.25, 0.3) is 5.91 Å². The van der Waals surface area contributed by atoms with E-state index in [1.165, 1.54) is 6.39 Å². The molecule has 1 unspecified atom stereocenters. The Morgan fingerprint density at radius 3 is 2.88 bits per heavy atom. The minimum atomic E-state index is -0.0654. The van der Waals surface area contributed by atoms with Crippen molar-refractivity contribution in [2.24, 2.45) is 0 Å². The third-order valence-corrected chi connectivity index (χ3v) is 4.74. The van der Waals surface area contributed by atoms with E-state index in [9.17, 15) is 4.79 Å². The normalized spacial score (nSPS) is 20.5. The van der Waals surface area contributed by atoms with Crippen LogP contribution in [0.4, 0.5) is 0 Å². The fraction of sp³-hybridized carbons (Fsp3) is 0.625. The third-order valence-electron chi connectivity index (χ3n) is 4.74. The molecule has 8 nitrogen and oxygen atoms in total. The topological polar surface area (TPSA) is 80.3 Å². The van der Waals surface area contributed by atoms with Gasteiger partial charge in [-0.2, -0.15) is 0 Å². The molecule has 4 rings (SSSR count). The molecule has 1 amide bonds. The summed E-state index contributed by atoms with van der Waals surface area (Å²) in [5.41, 5.74) is 0.464. The number of rotatable bonds is 4. The number of oxazole rings is 1. The van der Waals surface area contributed by atoms with Gasteiger partial charge in [0.15, 0.2) is 17.9 Å². The highest BCUT2D eigenvalue weighted by Crippen LogP contribution is 2.41. The molecule has 0 radical (unpaired) electrons. The van der Waals surface area contributed by atoms with Crippen LogP contribution in [-0.2, 0) is 13.1 Å². The number of nitrogens with zero attached hydrogens (tertiary/aromatic N) is 6. The maximum Gasteiger partial charge on any atom is 0.276 e. The van der Waals surface area contributed by atoms with Crippen LogP contribution in [0.2, 0.25) is 0 Å². The number of aryl methyl sites for hydroxylation is 1. The zero-order valence-electron chi connectivity index (χ0n) is 14.3. The number of hydrogen-bond donors (Lipinski definition) is 0. The van der Waals surface area contributed by atoms with E-state index in [-0.39, 0.29) is 11.9 Å². The Morgan fingerprint density at radius 1 is 1.38 bits per heavy atom. The summed E-state index contributed by atoms with van der Waals surface area (Å²) >= 11 is 0. The van der Waals surface area contributed by atoms with Crippen LogP contribution >= 0.6 is 0 Å². The molecular formula is C16H22N6O2. The molecule has 0 spiro atoms. The molecule has 0 aromatic carbocycles. The summed E-state index contributed by atoms with van der Waals surface area (Å²) in [4.78, 5) is 21.3. The van der Waals surface area contributed by atoms with Crippen LogP contribution in [0.25, 0.3) is 0 Å². The first-order valence-corrected chi connectivity index (χ1v) is 8.32. The van der Waals surface area contributed by atoms with Crippen molar-refractivity contribution in [3.63, 3.8) is 0 Å². The molecule has 2 aromatic rings. The summed E-state index contributed by atoms with van der Waals surface area (Å²) in [7, 11) is 4.03. The molecule has 1 fully saturated rings. The Bertz CT molecular complexity index is 760. The Kier molecular flexibility index (Phi) is 3.64.